The third kappa shape index (κ3) is 9.45. The number of benzene rings is 1. The van der Waals surface area contributed by atoms with E-state index in [0.29, 0.717) is 66.9 Å². The van der Waals surface area contributed by atoms with Gasteiger partial charge in [-0.2, -0.15) is 0 Å². The molecule has 1 fully saturated rings. The molecule has 0 bridgehead atoms. The molecule has 1 aromatic carbocycles. The summed E-state index contributed by atoms with van der Waals surface area (Å²) in [7, 11) is 0. The first-order valence-corrected chi connectivity index (χ1v) is 15.3. The second-order valence-electron chi connectivity index (χ2n) is 12.2. The first kappa shape index (κ1) is 32.8. The van der Waals surface area contributed by atoms with Crippen molar-refractivity contribution < 1.29 is 24.2 Å². The van der Waals surface area contributed by atoms with E-state index in [0.717, 1.165) is 5.56 Å². The number of carbonyl (C=O) groups is 3. The Bertz CT molecular complexity index is 1690. The number of anilines is 3. The van der Waals surface area contributed by atoms with Crippen molar-refractivity contribution >= 4 is 35.4 Å². The molecule has 2 amide bonds. The van der Waals surface area contributed by atoms with Crippen LogP contribution in [0.25, 0.3) is 11.3 Å². The average Bonchev–Trinajstić information content (AvgIpc) is 3.04. The highest BCUT2D eigenvalue weighted by Crippen LogP contribution is 2.26. The van der Waals surface area contributed by atoms with Crippen LogP contribution < -0.4 is 15.5 Å². The van der Waals surface area contributed by atoms with Crippen molar-refractivity contribution in [3.63, 3.8) is 0 Å². The fourth-order valence-electron chi connectivity index (χ4n) is 5.17. The smallest absolute Gasteiger partial charge is 0.407 e. The molecule has 0 saturated carbocycles. The summed E-state index contributed by atoms with van der Waals surface area (Å²) < 4.78 is 5.57. The summed E-state index contributed by atoms with van der Waals surface area (Å²) in [5.41, 5.74) is 1.84. The maximum absolute atomic E-state index is 13.9. The molecule has 13 heteroatoms. The van der Waals surface area contributed by atoms with Crippen LogP contribution in [-0.4, -0.2) is 85.7 Å². The molecule has 47 heavy (non-hydrogen) atoms. The molecule has 244 valence electrons. The zero-order valence-corrected chi connectivity index (χ0v) is 26.6. The number of carboxylic acid groups (broad SMARTS) is 1. The van der Waals surface area contributed by atoms with Crippen LogP contribution in [0, 0.1) is 0 Å². The normalized spacial score (nSPS) is 13.9. The summed E-state index contributed by atoms with van der Waals surface area (Å²) in [4.78, 5) is 59.1. The minimum atomic E-state index is -0.939. The van der Waals surface area contributed by atoms with Crippen molar-refractivity contribution in [3.8, 4) is 11.3 Å². The highest BCUT2D eigenvalue weighted by molar-refractivity contribution is 5.96. The number of nitrogens with zero attached hydrogens (tertiary/aromatic N) is 6. The minimum Gasteiger partial charge on any atom is -0.465 e. The summed E-state index contributed by atoms with van der Waals surface area (Å²) in [5, 5.41) is 15.5. The fourth-order valence-corrected chi connectivity index (χ4v) is 5.17. The summed E-state index contributed by atoms with van der Waals surface area (Å²) in [6, 6.07) is 16.1. The molecule has 13 nitrogen and oxygen atoms in total. The molecule has 4 aromatic rings. The topological polar surface area (TPSA) is 163 Å². The molecule has 0 aliphatic carbocycles. The monoisotopic (exact) mass is 638 g/mol. The van der Waals surface area contributed by atoms with Gasteiger partial charge < -0.3 is 30.3 Å². The highest BCUT2D eigenvalue weighted by atomic mass is 16.6. The lowest BCUT2D eigenvalue weighted by atomic mass is 10.0. The summed E-state index contributed by atoms with van der Waals surface area (Å²) in [6.07, 6.45) is 5.79. The number of carbonyl (C=O) groups excluding carboxylic acids is 2. The van der Waals surface area contributed by atoms with Gasteiger partial charge in [0, 0.05) is 61.9 Å². The Morgan fingerprint density at radius 3 is 2.38 bits per heavy atom. The zero-order valence-electron chi connectivity index (χ0n) is 26.6. The van der Waals surface area contributed by atoms with E-state index < -0.39 is 23.7 Å². The van der Waals surface area contributed by atoms with Crippen molar-refractivity contribution in [2.24, 2.45) is 0 Å². The fraction of sp³-hybridized carbons (Fsp3) is 0.324. The lowest BCUT2D eigenvalue weighted by molar-refractivity contribution is -0.155. The van der Waals surface area contributed by atoms with Gasteiger partial charge >= 0.3 is 12.1 Å². The van der Waals surface area contributed by atoms with Crippen LogP contribution in [0.4, 0.5) is 22.2 Å². The molecule has 3 aromatic heterocycles. The Hall–Kier alpha value is -5.59. The molecule has 1 atom stereocenters. The van der Waals surface area contributed by atoms with E-state index in [2.05, 4.69) is 25.6 Å². The van der Waals surface area contributed by atoms with E-state index in [-0.39, 0.29) is 12.3 Å². The van der Waals surface area contributed by atoms with Gasteiger partial charge in [0.15, 0.2) is 0 Å². The summed E-state index contributed by atoms with van der Waals surface area (Å²) >= 11 is 0. The van der Waals surface area contributed by atoms with E-state index in [1.807, 2.05) is 41.3 Å². The number of rotatable bonds is 10. The van der Waals surface area contributed by atoms with Gasteiger partial charge in [0.1, 0.15) is 23.1 Å². The van der Waals surface area contributed by atoms with Crippen LogP contribution in [0.3, 0.4) is 0 Å². The lowest BCUT2D eigenvalue weighted by Gasteiger charge is -2.33. The van der Waals surface area contributed by atoms with Crippen molar-refractivity contribution in [1.82, 2.24) is 30.2 Å². The molecule has 5 rings (SSSR count). The molecule has 1 saturated heterocycles. The molecular formula is C34H38N8O5. The van der Waals surface area contributed by atoms with Crippen molar-refractivity contribution in [3.05, 3.63) is 90.5 Å². The summed E-state index contributed by atoms with van der Waals surface area (Å²) in [6.45, 7) is 7.15. The Morgan fingerprint density at radius 1 is 0.936 bits per heavy atom. The van der Waals surface area contributed by atoms with Crippen LogP contribution in [0.15, 0.2) is 79.4 Å². The van der Waals surface area contributed by atoms with Crippen molar-refractivity contribution in [2.45, 2.75) is 45.3 Å². The quantitative estimate of drug-likeness (QED) is 0.209. The lowest BCUT2D eigenvalue weighted by Crippen LogP contribution is -2.48. The Kier molecular flexibility index (Phi) is 10.2. The SMILES string of the molecule is CC(C)(C)OC(=O)C[C@H](Cc1ccccc1)NC(=O)c1cc(Nc2cnccn2)nc(-c2ccnc(N3CCN(C(=O)O)CC3)c2)c1. The Labute approximate surface area is 273 Å². The van der Waals surface area contributed by atoms with E-state index in [4.69, 9.17) is 9.72 Å². The molecule has 0 spiro atoms. The minimum absolute atomic E-state index is 0.0105. The number of aromatic nitrogens is 4. The van der Waals surface area contributed by atoms with Crippen LogP contribution in [-0.2, 0) is 16.0 Å². The van der Waals surface area contributed by atoms with Crippen LogP contribution in [0.5, 0.6) is 0 Å². The molecule has 0 unspecified atom stereocenters. The second-order valence-corrected chi connectivity index (χ2v) is 12.2. The number of esters is 1. The molecule has 4 heterocycles. The average molecular weight is 639 g/mol. The number of hydrogen-bond donors (Lipinski definition) is 3. The third-order valence-corrected chi connectivity index (χ3v) is 7.32. The van der Waals surface area contributed by atoms with Gasteiger partial charge in [0.05, 0.1) is 18.3 Å². The highest BCUT2D eigenvalue weighted by Gasteiger charge is 2.24. The maximum Gasteiger partial charge on any atom is 0.407 e. The molecule has 0 radical (unpaired) electrons. The number of piperazine rings is 1. The standard InChI is InChI=1S/C34H38N8O5/c1-34(2,3)47-31(43)21-26(17-23-7-5-4-6-8-23)38-32(44)25-18-27(39-28(19-25)40-29-22-35-11-12-36-29)24-9-10-37-30(20-24)41-13-15-42(16-14-41)33(45)46/h4-12,18-20,22,26H,13-17,21H2,1-3H3,(H,38,44)(H,45,46)(H,36,39,40)/t26-/m0/s1. The number of amides is 2. The maximum atomic E-state index is 13.9. The van der Waals surface area contributed by atoms with E-state index in [1.165, 1.54) is 4.90 Å². The van der Waals surface area contributed by atoms with Gasteiger partial charge in [-0.1, -0.05) is 30.3 Å². The molecule has 1 aliphatic heterocycles. The second kappa shape index (κ2) is 14.7. The first-order valence-electron chi connectivity index (χ1n) is 15.3. The molecular weight excluding hydrogens is 600 g/mol. The first-order chi connectivity index (χ1) is 22.5. The molecule has 1 aliphatic rings. The van der Waals surface area contributed by atoms with E-state index >= 15 is 0 Å². The van der Waals surface area contributed by atoms with Gasteiger partial charge in [-0.05, 0) is 57.0 Å². The number of hydrogen-bond acceptors (Lipinski definition) is 10. The van der Waals surface area contributed by atoms with Gasteiger partial charge in [-0.25, -0.2) is 19.7 Å². The number of nitrogens with one attached hydrogen (secondary N) is 2. The molecule has 3 N–H and O–H groups in total. The largest absolute Gasteiger partial charge is 0.465 e. The Balaban J connectivity index is 1.43. The van der Waals surface area contributed by atoms with Crippen molar-refractivity contribution in [2.75, 3.05) is 36.4 Å². The van der Waals surface area contributed by atoms with Gasteiger partial charge in [-0.15, -0.1) is 0 Å². The van der Waals surface area contributed by atoms with Crippen LogP contribution >= 0.6 is 0 Å². The van der Waals surface area contributed by atoms with Crippen LogP contribution in [0.2, 0.25) is 0 Å². The zero-order chi connectivity index (χ0) is 33.4. The Morgan fingerprint density at radius 2 is 1.70 bits per heavy atom. The van der Waals surface area contributed by atoms with Gasteiger partial charge in [-0.3, -0.25) is 14.6 Å². The third-order valence-electron chi connectivity index (χ3n) is 7.32. The predicted molar refractivity (Wildman–Crippen MR) is 176 cm³/mol. The predicted octanol–water partition coefficient (Wildman–Crippen LogP) is 4.55. The number of ether oxygens (including phenoxy) is 1. The van der Waals surface area contributed by atoms with Crippen molar-refractivity contribution in [1.29, 1.82) is 0 Å². The summed E-state index contributed by atoms with van der Waals surface area (Å²) in [5.74, 6) is 0.690. The van der Waals surface area contributed by atoms with E-state index in [1.54, 1.807) is 63.8 Å². The van der Waals surface area contributed by atoms with Gasteiger partial charge in [0.2, 0.25) is 0 Å². The number of pyridine rings is 2. The van der Waals surface area contributed by atoms with Crippen LogP contribution in [0.1, 0.15) is 43.1 Å². The van der Waals surface area contributed by atoms with E-state index in [9.17, 15) is 19.5 Å². The van der Waals surface area contributed by atoms with Gasteiger partial charge in [0.25, 0.3) is 5.91 Å².